The van der Waals surface area contributed by atoms with Crippen molar-refractivity contribution in [3.8, 4) is 0 Å². The summed E-state index contributed by atoms with van der Waals surface area (Å²) >= 11 is 0. The third kappa shape index (κ3) is 38.9. The number of ether oxygens (including phenoxy) is 13. The van der Waals surface area contributed by atoms with Gasteiger partial charge in [0.1, 0.15) is 0 Å². The van der Waals surface area contributed by atoms with Gasteiger partial charge < -0.3 is 67.3 Å². The first-order chi connectivity index (χ1) is 21.3. The van der Waals surface area contributed by atoms with E-state index in [1.807, 2.05) is 0 Å². The molecule has 2 N–H and O–H groups in total. The second-order valence-corrected chi connectivity index (χ2v) is 8.46. The van der Waals surface area contributed by atoms with Crippen LogP contribution >= 0.6 is 0 Å². The standard InChI is InChI=1S/C28H57NO14/c1-31-28(30)2-4-32-6-8-34-10-12-36-14-16-38-18-20-40-22-24-42-26-27-43-25-23-41-21-19-39-17-15-37-13-11-35-9-7-33-5-3-29/h2-27,29H2,1H3. The lowest BCUT2D eigenvalue weighted by atomic mass is 10.5. The molecule has 0 aromatic rings. The van der Waals surface area contributed by atoms with E-state index in [4.69, 9.17) is 62.6 Å². The van der Waals surface area contributed by atoms with E-state index in [1.54, 1.807) is 0 Å². The molecule has 0 aliphatic rings. The Labute approximate surface area is 257 Å². The fourth-order valence-corrected chi connectivity index (χ4v) is 2.86. The zero-order chi connectivity index (χ0) is 31.2. The van der Waals surface area contributed by atoms with Gasteiger partial charge in [-0.3, -0.25) is 4.79 Å². The quantitative estimate of drug-likeness (QED) is 0.0698. The molecule has 0 aromatic heterocycles. The predicted molar refractivity (Wildman–Crippen MR) is 156 cm³/mol. The molecule has 0 saturated heterocycles. The van der Waals surface area contributed by atoms with E-state index in [0.29, 0.717) is 165 Å². The Morgan fingerprint density at radius 1 is 0.349 bits per heavy atom. The first-order valence-electron chi connectivity index (χ1n) is 15.0. The molecule has 0 aliphatic heterocycles. The molecular formula is C28H57NO14. The molecule has 0 rings (SSSR count). The van der Waals surface area contributed by atoms with E-state index in [9.17, 15) is 4.79 Å². The molecule has 0 atom stereocenters. The van der Waals surface area contributed by atoms with E-state index in [-0.39, 0.29) is 12.4 Å². The number of carbonyl (C=O) groups excluding carboxylic acids is 1. The third-order valence-electron chi connectivity index (χ3n) is 5.03. The first kappa shape index (κ1) is 42.0. The van der Waals surface area contributed by atoms with Crippen molar-refractivity contribution < 1.29 is 66.4 Å². The molecule has 0 heterocycles. The highest BCUT2D eigenvalue weighted by atomic mass is 16.6. The Balaban J connectivity index is 3.04. The highest BCUT2D eigenvalue weighted by molar-refractivity contribution is 5.69. The lowest BCUT2D eigenvalue weighted by Gasteiger charge is -2.09. The van der Waals surface area contributed by atoms with Crippen LogP contribution in [0.3, 0.4) is 0 Å². The van der Waals surface area contributed by atoms with E-state index in [1.165, 1.54) is 7.11 Å². The normalized spacial score (nSPS) is 11.4. The Kier molecular flexibility index (Phi) is 38.0. The summed E-state index contributed by atoms with van der Waals surface area (Å²) in [6.07, 6.45) is 0.244. The van der Waals surface area contributed by atoms with Crippen LogP contribution in [0.25, 0.3) is 0 Å². The van der Waals surface area contributed by atoms with Crippen molar-refractivity contribution in [3.63, 3.8) is 0 Å². The number of methoxy groups -OCH3 is 1. The van der Waals surface area contributed by atoms with Gasteiger partial charge in [-0.2, -0.15) is 0 Å². The van der Waals surface area contributed by atoms with Crippen LogP contribution in [0.1, 0.15) is 6.42 Å². The predicted octanol–water partition coefficient (Wildman–Crippen LogP) is -0.293. The molecule has 43 heavy (non-hydrogen) atoms. The van der Waals surface area contributed by atoms with Gasteiger partial charge in [0.2, 0.25) is 0 Å². The van der Waals surface area contributed by atoms with Gasteiger partial charge in [0.15, 0.2) is 0 Å². The minimum atomic E-state index is -0.286. The van der Waals surface area contributed by atoms with Crippen molar-refractivity contribution in [1.82, 2.24) is 0 Å². The van der Waals surface area contributed by atoms with Crippen LogP contribution in [-0.2, 0) is 66.4 Å². The van der Waals surface area contributed by atoms with E-state index >= 15 is 0 Å². The summed E-state index contributed by atoms with van der Waals surface area (Å²) < 4.78 is 69.2. The van der Waals surface area contributed by atoms with Crippen LogP contribution in [0.5, 0.6) is 0 Å². The number of hydrogen-bond acceptors (Lipinski definition) is 15. The molecule has 0 aliphatic carbocycles. The minimum absolute atomic E-state index is 0.244. The minimum Gasteiger partial charge on any atom is -0.469 e. The lowest BCUT2D eigenvalue weighted by Crippen LogP contribution is -2.16. The van der Waals surface area contributed by atoms with Crippen molar-refractivity contribution in [1.29, 1.82) is 0 Å². The van der Waals surface area contributed by atoms with Crippen LogP contribution in [0.4, 0.5) is 0 Å². The van der Waals surface area contributed by atoms with Gasteiger partial charge in [-0.05, 0) is 0 Å². The third-order valence-corrected chi connectivity index (χ3v) is 5.03. The Morgan fingerprint density at radius 3 is 0.721 bits per heavy atom. The molecule has 15 heteroatoms. The van der Waals surface area contributed by atoms with Crippen molar-refractivity contribution in [2.45, 2.75) is 6.42 Å². The van der Waals surface area contributed by atoms with Crippen molar-refractivity contribution in [3.05, 3.63) is 0 Å². The van der Waals surface area contributed by atoms with Crippen LogP contribution in [0, 0.1) is 0 Å². The van der Waals surface area contributed by atoms with Gasteiger partial charge in [0.25, 0.3) is 0 Å². The maximum Gasteiger partial charge on any atom is 0.307 e. The van der Waals surface area contributed by atoms with Gasteiger partial charge in [0, 0.05) is 6.54 Å². The zero-order valence-electron chi connectivity index (χ0n) is 26.2. The molecule has 15 nitrogen and oxygen atoms in total. The summed E-state index contributed by atoms with van der Waals surface area (Å²) in [5, 5.41) is 0. The largest absolute Gasteiger partial charge is 0.469 e. The molecule has 0 bridgehead atoms. The van der Waals surface area contributed by atoms with Crippen molar-refractivity contribution in [2.75, 3.05) is 172 Å². The average Bonchev–Trinajstić information content (AvgIpc) is 3.02. The number of hydrogen-bond donors (Lipinski definition) is 1. The van der Waals surface area contributed by atoms with E-state index in [2.05, 4.69) is 4.74 Å². The van der Waals surface area contributed by atoms with Crippen LogP contribution in [0.2, 0.25) is 0 Å². The Bertz CT molecular complexity index is 536. The first-order valence-corrected chi connectivity index (χ1v) is 15.0. The second-order valence-electron chi connectivity index (χ2n) is 8.46. The summed E-state index contributed by atoms with van der Waals surface area (Å²) in [4.78, 5) is 10.9. The number of esters is 1. The van der Waals surface area contributed by atoms with Gasteiger partial charge in [-0.1, -0.05) is 0 Å². The van der Waals surface area contributed by atoms with Crippen LogP contribution in [-0.4, -0.2) is 178 Å². The summed E-state index contributed by atoms with van der Waals surface area (Å²) in [5.74, 6) is -0.286. The fourth-order valence-electron chi connectivity index (χ4n) is 2.86. The molecule has 0 saturated carbocycles. The van der Waals surface area contributed by atoms with Crippen LogP contribution in [0.15, 0.2) is 0 Å². The van der Waals surface area contributed by atoms with Crippen molar-refractivity contribution >= 4 is 5.97 Å². The monoisotopic (exact) mass is 631 g/mol. The highest BCUT2D eigenvalue weighted by Crippen LogP contribution is 1.89. The van der Waals surface area contributed by atoms with Gasteiger partial charge >= 0.3 is 5.97 Å². The maximum absolute atomic E-state index is 10.9. The summed E-state index contributed by atoms with van der Waals surface area (Å²) in [6.45, 7) is 12.4. The fraction of sp³-hybridized carbons (Fsp3) is 0.964. The molecule has 0 fully saturated rings. The van der Waals surface area contributed by atoms with E-state index < -0.39 is 0 Å². The van der Waals surface area contributed by atoms with Gasteiger partial charge in [-0.15, -0.1) is 0 Å². The van der Waals surface area contributed by atoms with Crippen LogP contribution < -0.4 is 5.73 Å². The Hall–Kier alpha value is -1.05. The molecule has 0 spiro atoms. The summed E-state index contributed by atoms with van der Waals surface area (Å²) in [5.41, 5.74) is 5.32. The zero-order valence-corrected chi connectivity index (χ0v) is 26.2. The van der Waals surface area contributed by atoms with Gasteiger partial charge in [0.05, 0.1) is 172 Å². The molecular weight excluding hydrogens is 574 g/mol. The SMILES string of the molecule is COC(=O)CCOCCOCCOCCOCCOCCOCCOCCOCCOCCOCCOCCOCCN. The molecule has 0 aromatic carbocycles. The topological polar surface area (TPSA) is 163 Å². The smallest absolute Gasteiger partial charge is 0.307 e. The Morgan fingerprint density at radius 2 is 0.535 bits per heavy atom. The number of rotatable bonds is 38. The molecule has 0 unspecified atom stereocenters. The molecule has 258 valence electrons. The molecule has 0 radical (unpaired) electrons. The second kappa shape index (κ2) is 39.0. The number of carbonyl (C=O) groups is 1. The highest BCUT2D eigenvalue weighted by Gasteiger charge is 1.99. The van der Waals surface area contributed by atoms with Gasteiger partial charge in [-0.25, -0.2) is 0 Å². The van der Waals surface area contributed by atoms with Crippen molar-refractivity contribution in [2.24, 2.45) is 5.73 Å². The number of nitrogens with two attached hydrogens (primary N) is 1. The average molecular weight is 632 g/mol. The maximum atomic E-state index is 10.9. The van der Waals surface area contributed by atoms with E-state index in [0.717, 1.165) is 0 Å². The summed E-state index contributed by atoms with van der Waals surface area (Å²) in [6, 6.07) is 0. The molecule has 0 amide bonds. The lowest BCUT2D eigenvalue weighted by molar-refractivity contribution is -0.141. The summed E-state index contributed by atoms with van der Waals surface area (Å²) in [7, 11) is 1.35.